The Morgan fingerprint density at radius 1 is 0.654 bits per heavy atom. The van der Waals surface area contributed by atoms with Gasteiger partial charge >= 0.3 is 12.1 Å². The minimum atomic E-state index is -0.0419. The third kappa shape index (κ3) is 3.79. The van der Waals surface area contributed by atoms with E-state index in [0.29, 0.717) is 26.2 Å². The number of hydrogen-bond acceptors (Lipinski definition) is 2. The Morgan fingerprint density at radius 2 is 0.962 bits per heavy atom. The van der Waals surface area contributed by atoms with Crippen LogP contribution in [0.15, 0.2) is 60.7 Å². The molecule has 1 fully saturated rings. The van der Waals surface area contributed by atoms with Crippen molar-refractivity contribution in [2.45, 2.75) is 0 Å². The Balaban J connectivity index is 1.57. The van der Waals surface area contributed by atoms with Gasteiger partial charge in [-0.05, 0) is 24.3 Å². The molecule has 6 nitrogen and oxygen atoms in total. The summed E-state index contributed by atoms with van der Waals surface area (Å²) in [7, 11) is 3.55. The van der Waals surface area contributed by atoms with E-state index in [-0.39, 0.29) is 12.1 Å². The predicted molar refractivity (Wildman–Crippen MR) is 104 cm³/mol. The molecule has 1 aliphatic rings. The van der Waals surface area contributed by atoms with Crippen molar-refractivity contribution in [1.29, 1.82) is 0 Å². The number of piperazine rings is 1. The van der Waals surface area contributed by atoms with Gasteiger partial charge in [0.25, 0.3) is 0 Å². The summed E-state index contributed by atoms with van der Waals surface area (Å²) in [4.78, 5) is 32.2. The topological polar surface area (TPSA) is 47.1 Å². The first kappa shape index (κ1) is 17.8. The standard InChI is InChI=1S/C20H24N4O2/c1-21(17-9-5-3-6-10-17)19(25)23-13-15-24(16-14-23)20(26)22(2)18-11-7-4-8-12-18/h3-12H,13-16H2,1-2H3. The van der Waals surface area contributed by atoms with Crippen LogP contribution in [0, 0.1) is 0 Å². The lowest BCUT2D eigenvalue weighted by Gasteiger charge is -2.38. The van der Waals surface area contributed by atoms with Gasteiger partial charge in [-0.15, -0.1) is 0 Å². The van der Waals surface area contributed by atoms with Crippen LogP contribution in [0.3, 0.4) is 0 Å². The Bertz CT molecular complexity index is 677. The first-order valence-corrected chi connectivity index (χ1v) is 8.73. The number of rotatable bonds is 2. The Labute approximate surface area is 154 Å². The summed E-state index contributed by atoms with van der Waals surface area (Å²) in [6.45, 7) is 2.13. The molecule has 0 saturated carbocycles. The number of amides is 4. The zero-order chi connectivity index (χ0) is 18.5. The molecule has 6 heteroatoms. The Morgan fingerprint density at radius 3 is 1.27 bits per heavy atom. The highest BCUT2D eigenvalue weighted by molar-refractivity contribution is 5.93. The number of carbonyl (C=O) groups is 2. The molecule has 4 amide bonds. The fourth-order valence-corrected chi connectivity index (χ4v) is 3.04. The third-order valence-corrected chi connectivity index (χ3v) is 4.68. The first-order valence-electron chi connectivity index (χ1n) is 8.73. The van der Waals surface area contributed by atoms with Gasteiger partial charge in [0.1, 0.15) is 0 Å². The second-order valence-corrected chi connectivity index (χ2v) is 6.33. The number of benzene rings is 2. The maximum absolute atomic E-state index is 12.7. The van der Waals surface area contributed by atoms with Crippen molar-refractivity contribution in [1.82, 2.24) is 9.80 Å². The van der Waals surface area contributed by atoms with Crippen molar-refractivity contribution >= 4 is 23.4 Å². The summed E-state index contributed by atoms with van der Waals surface area (Å²) < 4.78 is 0. The van der Waals surface area contributed by atoms with Crippen LogP contribution in [0.1, 0.15) is 0 Å². The SMILES string of the molecule is CN(C(=O)N1CCN(C(=O)N(C)c2ccccc2)CC1)c1ccccc1. The highest BCUT2D eigenvalue weighted by atomic mass is 16.2. The summed E-state index contributed by atoms with van der Waals surface area (Å²) in [5.74, 6) is 0. The molecule has 1 saturated heterocycles. The molecule has 136 valence electrons. The predicted octanol–water partition coefficient (Wildman–Crippen LogP) is 3.12. The number of carbonyl (C=O) groups excluding carboxylic acids is 2. The smallest absolute Gasteiger partial charge is 0.321 e. The molecule has 0 spiro atoms. The second kappa shape index (κ2) is 7.91. The maximum atomic E-state index is 12.7. The van der Waals surface area contributed by atoms with E-state index in [0.717, 1.165) is 11.4 Å². The van der Waals surface area contributed by atoms with Crippen molar-refractivity contribution in [3.05, 3.63) is 60.7 Å². The normalized spacial score (nSPS) is 14.1. The molecule has 1 aliphatic heterocycles. The molecule has 0 radical (unpaired) electrons. The molecule has 1 heterocycles. The van der Waals surface area contributed by atoms with Gasteiger partial charge in [0.05, 0.1) is 0 Å². The van der Waals surface area contributed by atoms with E-state index < -0.39 is 0 Å². The number of urea groups is 2. The number of anilines is 2. The molecule has 26 heavy (non-hydrogen) atoms. The minimum Gasteiger partial charge on any atom is -0.321 e. The molecule has 3 rings (SSSR count). The van der Waals surface area contributed by atoms with Crippen LogP contribution in [-0.2, 0) is 0 Å². The van der Waals surface area contributed by atoms with Crippen molar-refractivity contribution in [2.24, 2.45) is 0 Å². The lowest BCUT2D eigenvalue weighted by Crippen LogP contribution is -2.55. The van der Waals surface area contributed by atoms with E-state index in [1.165, 1.54) is 0 Å². The van der Waals surface area contributed by atoms with Crippen LogP contribution in [0.2, 0.25) is 0 Å². The van der Waals surface area contributed by atoms with Gasteiger partial charge in [-0.2, -0.15) is 0 Å². The number of nitrogens with zero attached hydrogens (tertiary/aromatic N) is 4. The summed E-state index contributed by atoms with van der Waals surface area (Å²) in [5.41, 5.74) is 1.72. The van der Waals surface area contributed by atoms with E-state index in [2.05, 4.69) is 0 Å². The molecule has 0 atom stereocenters. The fourth-order valence-electron chi connectivity index (χ4n) is 3.04. The van der Waals surface area contributed by atoms with Crippen LogP contribution >= 0.6 is 0 Å². The van der Waals surface area contributed by atoms with Crippen LogP contribution < -0.4 is 9.80 Å². The molecule has 2 aromatic rings. The van der Waals surface area contributed by atoms with Crippen LogP contribution in [0.25, 0.3) is 0 Å². The average molecular weight is 352 g/mol. The third-order valence-electron chi connectivity index (χ3n) is 4.68. The lowest BCUT2D eigenvalue weighted by molar-refractivity contribution is 0.150. The van der Waals surface area contributed by atoms with Crippen molar-refractivity contribution < 1.29 is 9.59 Å². The van der Waals surface area contributed by atoms with E-state index in [1.54, 1.807) is 33.7 Å². The van der Waals surface area contributed by atoms with E-state index in [1.807, 2.05) is 60.7 Å². The van der Waals surface area contributed by atoms with Gasteiger partial charge in [0, 0.05) is 51.6 Å². The average Bonchev–Trinajstić information content (AvgIpc) is 2.73. The lowest BCUT2D eigenvalue weighted by atomic mass is 10.3. The van der Waals surface area contributed by atoms with Gasteiger partial charge in [0.2, 0.25) is 0 Å². The molecule has 0 N–H and O–H groups in total. The zero-order valence-electron chi connectivity index (χ0n) is 15.2. The first-order chi connectivity index (χ1) is 12.6. The van der Waals surface area contributed by atoms with Gasteiger partial charge in [-0.25, -0.2) is 9.59 Å². The van der Waals surface area contributed by atoms with E-state index in [4.69, 9.17) is 0 Å². The summed E-state index contributed by atoms with van der Waals surface area (Å²) in [5, 5.41) is 0. The van der Waals surface area contributed by atoms with E-state index in [9.17, 15) is 9.59 Å². The molecular weight excluding hydrogens is 328 g/mol. The summed E-state index contributed by atoms with van der Waals surface area (Å²) in [6, 6.07) is 19.1. The summed E-state index contributed by atoms with van der Waals surface area (Å²) >= 11 is 0. The van der Waals surface area contributed by atoms with Crippen LogP contribution in [0.5, 0.6) is 0 Å². The quantitative estimate of drug-likeness (QED) is 0.834. The molecule has 2 aromatic carbocycles. The van der Waals surface area contributed by atoms with Gasteiger partial charge in [-0.1, -0.05) is 36.4 Å². The molecular formula is C20H24N4O2. The minimum absolute atomic E-state index is 0.0419. The zero-order valence-corrected chi connectivity index (χ0v) is 15.2. The highest BCUT2D eigenvalue weighted by Gasteiger charge is 2.28. The Hall–Kier alpha value is -3.02. The molecule has 0 bridgehead atoms. The largest absolute Gasteiger partial charge is 0.324 e. The second-order valence-electron chi connectivity index (χ2n) is 6.33. The number of para-hydroxylation sites is 2. The van der Waals surface area contributed by atoms with Crippen molar-refractivity contribution in [2.75, 3.05) is 50.1 Å². The summed E-state index contributed by atoms with van der Waals surface area (Å²) in [6.07, 6.45) is 0. The van der Waals surface area contributed by atoms with E-state index >= 15 is 0 Å². The van der Waals surface area contributed by atoms with Crippen molar-refractivity contribution in [3.8, 4) is 0 Å². The number of hydrogen-bond donors (Lipinski definition) is 0. The Kier molecular flexibility index (Phi) is 5.41. The van der Waals surface area contributed by atoms with Gasteiger partial charge in [0.15, 0.2) is 0 Å². The van der Waals surface area contributed by atoms with Gasteiger partial charge < -0.3 is 9.80 Å². The van der Waals surface area contributed by atoms with Crippen LogP contribution in [0.4, 0.5) is 21.0 Å². The highest BCUT2D eigenvalue weighted by Crippen LogP contribution is 2.17. The molecule has 0 aliphatic carbocycles. The monoisotopic (exact) mass is 352 g/mol. The molecule has 0 unspecified atom stereocenters. The molecule has 0 aromatic heterocycles. The van der Waals surface area contributed by atoms with Crippen LogP contribution in [-0.4, -0.2) is 62.1 Å². The maximum Gasteiger partial charge on any atom is 0.324 e. The fraction of sp³-hybridized carbons (Fsp3) is 0.300. The van der Waals surface area contributed by atoms with Crippen molar-refractivity contribution in [3.63, 3.8) is 0 Å². The van der Waals surface area contributed by atoms with Gasteiger partial charge in [-0.3, -0.25) is 9.80 Å².